The lowest BCUT2D eigenvalue weighted by Crippen LogP contribution is -2.18. The van der Waals surface area contributed by atoms with Crippen LogP contribution in [0.25, 0.3) is 0 Å². The second kappa shape index (κ2) is 8.99. The summed E-state index contributed by atoms with van der Waals surface area (Å²) in [7, 11) is 1.67. The minimum Gasteiger partial charge on any atom is -0.359 e. The van der Waals surface area contributed by atoms with Gasteiger partial charge in [-0.1, -0.05) is 26.0 Å². The Kier molecular flexibility index (Phi) is 7.60. The molecule has 0 aliphatic carbocycles. The number of benzene rings is 1. The lowest BCUT2D eigenvalue weighted by atomic mass is 10.2. The predicted molar refractivity (Wildman–Crippen MR) is 82.4 cm³/mol. The molecule has 0 atom stereocenters. The molecule has 0 bridgehead atoms. The summed E-state index contributed by atoms with van der Waals surface area (Å²) in [6.45, 7) is 6.38. The third-order valence-electron chi connectivity index (χ3n) is 2.68. The first-order chi connectivity index (χ1) is 9.11. The monoisotopic (exact) mass is 280 g/mol. The molecule has 0 unspecified atom stereocenters. The first-order valence-electron chi connectivity index (χ1n) is 6.75. The van der Waals surface area contributed by atoms with Crippen LogP contribution in [0.15, 0.2) is 29.2 Å². The standard InChI is InChI=1S/C15H24N2OS/c1-12(2)10-17-11-13-4-6-14(7-5-13)19-9-8-15(18)16-3/h4-7,12,17H,8-11H2,1-3H3,(H,16,18). The molecule has 4 heteroatoms. The van der Waals surface area contributed by atoms with Crippen molar-refractivity contribution in [1.29, 1.82) is 0 Å². The van der Waals surface area contributed by atoms with Crippen LogP contribution >= 0.6 is 11.8 Å². The number of hydrogen-bond donors (Lipinski definition) is 2. The Labute approximate surface area is 120 Å². The summed E-state index contributed by atoms with van der Waals surface area (Å²) in [6.07, 6.45) is 0.568. The summed E-state index contributed by atoms with van der Waals surface area (Å²) in [5.74, 6) is 1.60. The average molecular weight is 280 g/mol. The van der Waals surface area contributed by atoms with Crippen molar-refractivity contribution in [3.8, 4) is 0 Å². The van der Waals surface area contributed by atoms with Crippen molar-refractivity contribution in [1.82, 2.24) is 10.6 Å². The minimum absolute atomic E-state index is 0.0991. The molecule has 0 aromatic heterocycles. The van der Waals surface area contributed by atoms with Crippen LogP contribution in [0.5, 0.6) is 0 Å². The van der Waals surface area contributed by atoms with Crippen LogP contribution in [0.2, 0.25) is 0 Å². The topological polar surface area (TPSA) is 41.1 Å². The molecular weight excluding hydrogens is 256 g/mol. The number of carbonyl (C=O) groups excluding carboxylic acids is 1. The molecule has 1 aromatic carbocycles. The molecule has 0 aliphatic heterocycles. The van der Waals surface area contributed by atoms with E-state index < -0.39 is 0 Å². The number of carbonyl (C=O) groups is 1. The molecule has 106 valence electrons. The van der Waals surface area contributed by atoms with Gasteiger partial charge in [-0.3, -0.25) is 4.79 Å². The van der Waals surface area contributed by atoms with Gasteiger partial charge in [-0.15, -0.1) is 11.8 Å². The van der Waals surface area contributed by atoms with E-state index in [2.05, 4.69) is 48.7 Å². The van der Waals surface area contributed by atoms with Crippen LogP contribution in [0.4, 0.5) is 0 Å². The molecule has 0 aliphatic rings. The van der Waals surface area contributed by atoms with E-state index in [0.717, 1.165) is 18.8 Å². The van der Waals surface area contributed by atoms with E-state index in [1.54, 1.807) is 18.8 Å². The SMILES string of the molecule is CNC(=O)CCSc1ccc(CNCC(C)C)cc1. The van der Waals surface area contributed by atoms with Gasteiger partial charge < -0.3 is 10.6 Å². The van der Waals surface area contributed by atoms with Gasteiger partial charge in [0.1, 0.15) is 0 Å². The largest absolute Gasteiger partial charge is 0.359 e. The molecule has 3 nitrogen and oxygen atoms in total. The van der Waals surface area contributed by atoms with Gasteiger partial charge in [0.2, 0.25) is 5.91 Å². The Morgan fingerprint density at radius 2 is 1.95 bits per heavy atom. The van der Waals surface area contributed by atoms with Crippen LogP contribution in [0, 0.1) is 5.92 Å². The van der Waals surface area contributed by atoms with E-state index in [4.69, 9.17) is 0 Å². The molecule has 0 heterocycles. The third kappa shape index (κ3) is 7.23. The molecule has 0 saturated heterocycles. The average Bonchev–Trinajstić information content (AvgIpc) is 2.40. The van der Waals surface area contributed by atoms with Crippen LogP contribution in [-0.4, -0.2) is 25.3 Å². The first kappa shape index (κ1) is 16.1. The van der Waals surface area contributed by atoms with Gasteiger partial charge in [-0.05, 0) is 30.2 Å². The van der Waals surface area contributed by atoms with E-state index in [1.807, 2.05) is 0 Å². The summed E-state index contributed by atoms with van der Waals surface area (Å²) in [5, 5.41) is 6.06. The quantitative estimate of drug-likeness (QED) is 0.719. The fourth-order valence-corrected chi connectivity index (χ4v) is 2.45. The highest BCUT2D eigenvalue weighted by molar-refractivity contribution is 7.99. The summed E-state index contributed by atoms with van der Waals surface area (Å²) in [4.78, 5) is 12.3. The molecule has 1 rings (SSSR count). The molecule has 1 aromatic rings. The highest BCUT2D eigenvalue weighted by Crippen LogP contribution is 2.19. The van der Waals surface area contributed by atoms with Crippen molar-refractivity contribution >= 4 is 17.7 Å². The van der Waals surface area contributed by atoms with E-state index in [0.29, 0.717) is 12.3 Å². The van der Waals surface area contributed by atoms with Crippen LogP contribution in [0.3, 0.4) is 0 Å². The number of thioether (sulfide) groups is 1. The Morgan fingerprint density at radius 3 is 2.53 bits per heavy atom. The van der Waals surface area contributed by atoms with Gasteiger partial charge in [0.15, 0.2) is 0 Å². The van der Waals surface area contributed by atoms with Crippen molar-refractivity contribution in [3.63, 3.8) is 0 Å². The Hall–Kier alpha value is -1.00. The van der Waals surface area contributed by atoms with Gasteiger partial charge in [0, 0.05) is 30.7 Å². The zero-order valence-electron chi connectivity index (χ0n) is 12.0. The number of rotatable bonds is 8. The second-order valence-electron chi connectivity index (χ2n) is 4.94. The number of nitrogens with one attached hydrogen (secondary N) is 2. The van der Waals surface area contributed by atoms with Crippen molar-refractivity contribution in [2.24, 2.45) is 5.92 Å². The zero-order chi connectivity index (χ0) is 14.1. The van der Waals surface area contributed by atoms with Crippen molar-refractivity contribution in [2.75, 3.05) is 19.3 Å². The van der Waals surface area contributed by atoms with Crippen molar-refractivity contribution < 1.29 is 4.79 Å². The summed E-state index contributed by atoms with van der Waals surface area (Å²) < 4.78 is 0. The van der Waals surface area contributed by atoms with Gasteiger partial charge in [-0.25, -0.2) is 0 Å². The summed E-state index contributed by atoms with van der Waals surface area (Å²) in [6, 6.07) is 8.55. The highest BCUT2D eigenvalue weighted by atomic mass is 32.2. The fourth-order valence-electron chi connectivity index (χ4n) is 1.60. The van der Waals surface area contributed by atoms with E-state index >= 15 is 0 Å². The minimum atomic E-state index is 0.0991. The Bertz CT molecular complexity index is 376. The molecule has 19 heavy (non-hydrogen) atoms. The first-order valence-corrected chi connectivity index (χ1v) is 7.73. The maximum atomic E-state index is 11.1. The molecule has 2 N–H and O–H groups in total. The van der Waals surface area contributed by atoms with Crippen LogP contribution in [-0.2, 0) is 11.3 Å². The van der Waals surface area contributed by atoms with Gasteiger partial charge in [0.05, 0.1) is 0 Å². The van der Waals surface area contributed by atoms with Gasteiger partial charge in [0.25, 0.3) is 0 Å². The lowest BCUT2D eigenvalue weighted by Gasteiger charge is -2.08. The van der Waals surface area contributed by atoms with Gasteiger partial charge >= 0.3 is 0 Å². The summed E-state index contributed by atoms with van der Waals surface area (Å²) in [5.41, 5.74) is 1.30. The fraction of sp³-hybridized carbons (Fsp3) is 0.533. The third-order valence-corrected chi connectivity index (χ3v) is 3.70. The molecule has 0 saturated carbocycles. The second-order valence-corrected chi connectivity index (χ2v) is 6.11. The van der Waals surface area contributed by atoms with E-state index in [9.17, 15) is 4.79 Å². The smallest absolute Gasteiger partial charge is 0.220 e. The van der Waals surface area contributed by atoms with E-state index in [1.165, 1.54) is 10.5 Å². The Balaban J connectivity index is 2.29. The van der Waals surface area contributed by atoms with Crippen LogP contribution < -0.4 is 10.6 Å². The molecule has 0 spiro atoms. The lowest BCUT2D eigenvalue weighted by molar-refractivity contribution is -0.120. The highest BCUT2D eigenvalue weighted by Gasteiger charge is 2.00. The van der Waals surface area contributed by atoms with Crippen molar-refractivity contribution in [2.45, 2.75) is 31.7 Å². The zero-order valence-corrected chi connectivity index (χ0v) is 12.8. The van der Waals surface area contributed by atoms with Crippen LogP contribution in [0.1, 0.15) is 25.8 Å². The van der Waals surface area contributed by atoms with Gasteiger partial charge in [-0.2, -0.15) is 0 Å². The molecule has 0 radical (unpaired) electrons. The molecule has 0 fully saturated rings. The number of amides is 1. The van der Waals surface area contributed by atoms with E-state index in [-0.39, 0.29) is 5.91 Å². The Morgan fingerprint density at radius 1 is 1.26 bits per heavy atom. The molecule has 1 amide bonds. The normalized spacial score (nSPS) is 10.7. The maximum Gasteiger partial charge on any atom is 0.220 e. The van der Waals surface area contributed by atoms with Crippen molar-refractivity contribution in [3.05, 3.63) is 29.8 Å². The maximum absolute atomic E-state index is 11.1. The predicted octanol–water partition coefficient (Wildman–Crippen LogP) is 2.66. The summed E-state index contributed by atoms with van der Waals surface area (Å²) >= 11 is 1.72. The number of hydrogen-bond acceptors (Lipinski definition) is 3. The molecular formula is C15H24N2OS.